The number of hydrogen-bond donors (Lipinski definition) is 0. The Morgan fingerprint density at radius 2 is 2.18 bits per heavy atom. The zero-order valence-electron chi connectivity index (χ0n) is 13.5. The van der Waals surface area contributed by atoms with Gasteiger partial charge in [0.25, 0.3) is 5.89 Å². The highest BCUT2D eigenvalue weighted by Crippen LogP contribution is 2.18. The van der Waals surface area contributed by atoms with E-state index in [4.69, 9.17) is 13.7 Å². The molecule has 0 fully saturated rings. The molecular weight excluding hydrogens is 286 g/mol. The van der Waals surface area contributed by atoms with Crippen LogP contribution >= 0.6 is 0 Å². The second kappa shape index (κ2) is 6.21. The molecule has 0 aromatic carbocycles. The molecule has 0 radical (unpaired) electrons. The van der Waals surface area contributed by atoms with Crippen molar-refractivity contribution in [2.24, 2.45) is 0 Å². The summed E-state index contributed by atoms with van der Waals surface area (Å²) in [5.41, 5.74) is 0.206. The van der Waals surface area contributed by atoms with Crippen molar-refractivity contribution in [3.63, 3.8) is 0 Å². The molecule has 0 aliphatic heterocycles. The maximum absolute atomic E-state index is 12.0. The highest BCUT2D eigenvalue weighted by molar-refractivity contribution is 5.68. The standard InChI is InChI=1S/C15H21N3O4/c1-10(18(5)14(19)21-15(2,3)4)8-12-16-13(22-17-12)11-6-7-20-9-11/h6-7,9-10H,8H2,1-5H3/t10-/m0/s1. The van der Waals surface area contributed by atoms with Crippen LogP contribution in [0.15, 0.2) is 27.5 Å². The van der Waals surface area contributed by atoms with Gasteiger partial charge in [-0.15, -0.1) is 0 Å². The minimum Gasteiger partial charge on any atom is -0.472 e. The van der Waals surface area contributed by atoms with Gasteiger partial charge in [0.05, 0.1) is 11.8 Å². The third-order valence-electron chi connectivity index (χ3n) is 3.06. The number of amides is 1. The van der Waals surface area contributed by atoms with Crippen LogP contribution in [-0.4, -0.2) is 39.8 Å². The molecule has 0 spiro atoms. The minimum atomic E-state index is -0.522. The lowest BCUT2D eigenvalue weighted by Gasteiger charge is -2.28. The zero-order chi connectivity index (χ0) is 16.3. The van der Waals surface area contributed by atoms with Crippen molar-refractivity contribution >= 4 is 6.09 Å². The van der Waals surface area contributed by atoms with Gasteiger partial charge >= 0.3 is 6.09 Å². The smallest absolute Gasteiger partial charge is 0.410 e. The summed E-state index contributed by atoms with van der Waals surface area (Å²) in [6.07, 6.45) is 3.17. The molecule has 2 rings (SSSR count). The molecule has 0 N–H and O–H groups in total. The molecule has 7 nitrogen and oxygen atoms in total. The summed E-state index contributed by atoms with van der Waals surface area (Å²) < 4.78 is 15.5. The molecule has 22 heavy (non-hydrogen) atoms. The van der Waals surface area contributed by atoms with Crippen LogP contribution < -0.4 is 0 Å². The summed E-state index contributed by atoms with van der Waals surface area (Å²) in [5.74, 6) is 0.926. The van der Waals surface area contributed by atoms with Crippen LogP contribution in [0.2, 0.25) is 0 Å². The van der Waals surface area contributed by atoms with Gasteiger partial charge < -0.3 is 18.6 Å². The van der Waals surface area contributed by atoms with Crippen molar-refractivity contribution in [1.29, 1.82) is 0 Å². The van der Waals surface area contributed by atoms with Crippen LogP contribution in [0.5, 0.6) is 0 Å². The van der Waals surface area contributed by atoms with Crippen LogP contribution in [0.4, 0.5) is 4.79 Å². The van der Waals surface area contributed by atoms with E-state index in [2.05, 4.69) is 10.1 Å². The second-order valence-electron chi connectivity index (χ2n) is 6.17. The van der Waals surface area contributed by atoms with E-state index in [9.17, 15) is 4.79 Å². The van der Waals surface area contributed by atoms with Gasteiger partial charge in [-0.1, -0.05) is 5.16 Å². The number of nitrogens with zero attached hydrogens (tertiary/aromatic N) is 3. The first-order valence-corrected chi connectivity index (χ1v) is 7.07. The van der Waals surface area contributed by atoms with E-state index >= 15 is 0 Å². The average Bonchev–Trinajstić information content (AvgIpc) is 3.05. The van der Waals surface area contributed by atoms with E-state index in [1.807, 2.05) is 27.7 Å². The minimum absolute atomic E-state index is 0.121. The number of hydrogen-bond acceptors (Lipinski definition) is 6. The van der Waals surface area contributed by atoms with E-state index in [1.54, 1.807) is 13.1 Å². The number of aromatic nitrogens is 2. The molecule has 0 saturated heterocycles. The predicted molar refractivity (Wildman–Crippen MR) is 79.2 cm³/mol. The predicted octanol–water partition coefficient (Wildman–Crippen LogP) is 3.13. The van der Waals surface area contributed by atoms with Crippen LogP contribution in [0.1, 0.15) is 33.5 Å². The maximum atomic E-state index is 12.0. The van der Waals surface area contributed by atoms with Gasteiger partial charge in [0, 0.05) is 19.5 Å². The Kier molecular flexibility index (Phi) is 4.54. The van der Waals surface area contributed by atoms with Crippen LogP contribution in [0.3, 0.4) is 0 Å². The molecule has 0 saturated carbocycles. The molecule has 2 heterocycles. The summed E-state index contributed by atoms with van der Waals surface area (Å²) in [6.45, 7) is 7.40. The number of carbonyl (C=O) groups is 1. The fraction of sp³-hybridized carbons (Fsp3) is 0.533. The van der Waals surface area contributed by atoms with E-state index in [-0.39, 0.29) is 12.1 Å². The summed E-state index contributed by atoms with van der Waals surface area (Å²) in [5, 5.41) is 3.92. The normalized spacial score (nSPS) is 13.0. The second-order valence-corrected chi connectivity index (χ2v) is 6.17. The van der Waals surface area contributed by atoms with E-state index in [1.165, 1.54) is 17.4 Å². The summed E-state index contributed by atoms with van der Waals surface area (Å²) >= 11 is 0. The Labute approximate surface area is 129 Å². The lowest BCUT2D eigenvalue weighted by Crippen LogP contribution is -2.40. The molecule has 1 amide bonds. The van der Waals surface area contributed by atoms with Crippen molar-refractivity contribution in [3.8, 4) is 11.5 Å². The highest BCUT2D eigenvalue weighted by Gasteiger charge is 2.24. The highest BCUT2D eigenvalue weighted by atomic mass is 16.6. The number of rotatable bonds is 4. The lowest BCUT2D eigenvalue weighted by molar-refractivity contribution is 0.0234. The number of ether oxygens (including phenoxy) is 1. The summed E-state index contributed by atoms with van der Waals surface area (Å²) in [4.78, 5) is 17.8. The number of carbonyl (C=O) groups excluding carboxylic acids is 1. The Morgan fingerprint density at radius 3 is 2.77 bits per heavy atom. The molecule has 7 heteroatoms. The fourth-order valence-electron chi connectivity index (χ4n) is 1.76. The van der Waals surface area contributed by atoms with Crippen molar-refractivity contribution in [3.05, 3.63) is 24.4 Å². The van der Waals surface area contributed by atoms with Crippen molar-refractivity contribution in [1.82, 2.24) is 15.0 Å². The SMILES string of the molecule is C[C@@H](Cc1noc(-c2ccoc2)n1)N(C)C(=O)OC(C)(C)C. The Morgan fingerprint density at radius 1 is 1.45 bits per heavy atom. The van der Waals surface area contributed by atoms with Crippen molar-refractivity contribution in [2.45, 2.75) is 45.8 Å². The molecule has 0 unspecified atom stereocenters. The van der Waals surface area contributed by atoms with Gasteiger partial charge in [-0.2, -0.15) is 4.98 Å². The third kappa shape index (κ3) is 4.09. The van der Waals surface area contributed by atoms with Gasteiger partial charge in [-0.05, 0) is 33.8 Å². The van der Waals surface area contributed by atoms with Gasteiger partial charge in [0.2, 0.25) is 0 Å². The molecule has 0 bridgehead atoms. The van der Waals surface area contributed by atoms with Crippen LogP contribution in [0, 0.1) is 0 Å². The van der Waals surface area contributed by atoms with Gasteiger partial charge in [-0.25, -0.2) is 4.79 Å². The topological polar surface area (TPSA) is 81.6 Å². The van der Waals surface area contributed by atoms with E-state index in [0.29, 0.717) is 18.1 Å². The summed E-state index contributed by atoms with van der Waals surface area (Å²) in [7, 11) is 1.69. The third-order valence-corrected chi connectivity index (χ3v) is 3.06. The van der Waals surface area contributed by atoms with Gasteiger partial charge in [-0.3, -0.25) is 0 Å². The number of likely N-dealkylation sites (N-methyl/N-ethyl adjacent to an activating group) is 1. The van der Waals surface area contributed by atoms with Gasteiger partial charge in [0.1, 0.15) is 11.9 Å². The first kappa shape index (κ1) is 16.1. The fourth-order valence-corrected chi connectivity index (χ4v) is 1.76. The first-order valence-electron chi connectivity index (χ1n) is 7.07. The molecule has 2 aromatic heterocycles. The molecule has 120 valence electrons. The molecule has 0 aliphatic carbocycles. The van der Waals surface area contributed by atoms with Crippen molar-refractivity contribution < 1.29 is 18.5 Å². The van der Waals surface area contributed by atoms with Crippen molar-refractivity contribution in [2.75, 3.05) is 7.05 Å². The largest absolute Gasteiger partial charge is 0.472 e. The van der Waals surface area contributed by atoms with Crippen LogP contribution in [-0.2, 0) is 11.2 Å². The van der Waals surface area contributed by atoms with Crippen LogP contribution in [0.25, 0.3) is 11.5 Å². The average molecular weight is 307 g/mol. The number of furan rings is 1. The summed E-state index contributed by atoms with van der Waals surface area (Å²) in [6, 6.07) is 1.62. The van der Waals surface area contributed by atoms with E-state index < -0.39 is 5.60 Å². The maximum Gasteiger partial charge on any atom is 0.410 e. The van der Waals surface area contributed by atoms with Gasteiger partial charge in [0.15, 0.2) is 5.82 Å². The molecule has 1 atom stereocenters. The quantitative estimate of drug-likeness (QED) is 0.863. The molecule has 2 aromatic rings. The molecule has 0 aliphatic rings. The lowest BCUT2D eigenvalue weighted by atomic mass is 10.2. The van der Waals surface area contributed by atoms with E-state index in [0.717, 1.165) is 5.56 Å². The molecular formula is C15H21N3O4. The zero-order valence-corrected chi connectivity index (χ0v) is 13.5. The Bertz CT molecular complexity index is 613. The Hall–Kier alpha value is -2.31. The Balaban J connectivity index is 1.97. The monoisotopic (exact) mass is 307 g/mol. The first-order chi connectivity index (χ1) is 10.3.